The van der Waals surface area contributed by atoms with Crippen LogP contribution in [0.15, 0.2) is 41.9 Å². The molecule has 0 aliphatic rings. The lowest BCUT2D eigenvalue weighted by Crippen LogP contribution is -2.39. The van der Waals surface area contributed by atoms with Gasteiger partial charge in [-0.05, 0) is 30.0 Å². The van der Waals surface area contributed by atoms with Crippen LogP contribution in [0, 0.1) is 5.92 Å². The Kier molecular flexibility index (Phi) is 7.95. The summed E-state index contributed by atoms with van der Waals surface area (Å²) in [6.45, 7) is 6.22. The Balaban J connectivity index is 1.80. The molecule has 136 valence electrons. The molecule has 0 spiro atoms. The number of nitrogens with one attached hydrogen (secondary N) is 2. The van der Waals surface area contributed by atoms with Crippen molar-refractivity contribution in [2.24, 2.45) is 10.9 Å². The molecule has 1 aromatic heterocycles. The van der Waals surface area contributed by atoms with Crippen molar-refractivity contribution in [3.63, 3.8) is 0 Å². The standard InChI is InChI=1S/C19H30N6/c1-4-6-7-16(5-2)12-22-19(20-3)23-13-17-8-10-18(11-9-17)25-15-21-14-24-25/h8-11,14-16H,4-7,12-13H2,1-3H3,(H2,20,22,23). The van der Waals surface area contributed by atoms with Crippen LogP contribution in [0.25, 0.3) is 5.69 Å². The van der Waals surface area contributed by atoms with Crippen LogP contribution in [0.4, 0.5) is 0 Å². The summed E-state index contributed by atoms with van der Waals surface area (Å²) in [5.41, 5.74) is 2.20. The average Bonchev–Trinajstić information content (AvgIpc) is 3.19. The molecule has 2 rings (SSSR count). The van der Waals surface area contributed by atoms with E-state index < -0.39 is 0 Å². The van der Waals surface area contributed by atoms with Gasteiger partial charge in [0.15, 0.2) is 5.96 Å². The maximum Gasteiger partial charge on any atom is 0.191 e. The first-order valence-electron chi connectivity index (χ1n) is 9.15. The van der Waals surface area contributed by atoms with E-state index >= 15 is 0 Å². The molecule has 0 aliphatic heterocycles. The number of benzene rings is 1. The molecular weight excluding hydrogens is 312 g/mol. The third-order valence-electron chi connectivity index (χ3n) is 4.40. The lowest BCUT2D eigenvalue weighted by atomic mass is 9.99. The maximum atomic E-state index is 4.32. The molecule has 0 saturated carbocycles. The van der Waals surface area contributed by atoms with Gasteiger partial charge in [-0.25, -0.2) is 9.67 Å². The summed E-state index contributed by atoms with van der Waals surface area (Å²) in [4.78, 5) is 8.29. The second-order valence-electron chi connectivity index (χ2n) is 6.23. The highest BCUT2D eigenvalue weighted by Gasteiger charge is 2.07. The van der Waals surface area contributed by atoms with E-state index in [9.17, 15) is 0 Å². The van der Waals surface area contributed by atoms with Gasteiger partial charge < -0.3 is 10.6 Å². The van der Waals surface area contributed by atoms with Gasteiger partial charge in [0.25, 0.3) is 0 Å². The van der Waals surface area contributed by atoms with Crippen molar-refractivity contribution in [3.8, 4) is 5.69 Å². The number of hydrogen-bond donors (Lipinski definition) is 2. The summed E-state index contributed by atoms with van der Waals surface area (Å²) in [5, 5.41) is 11.0. The number of hydrogen-bond acceptors (Lipinski definition) is 3. The van der Waals surface area contributed by atoms with Crippen molar-refractivity contribution in [1.29, 1.82) is 0 Å². The minimum Gasteiger partial charge on any atom is -0.356 e. The second kappa shape index (κ2) is 10.5. The molecule has 6 nitrogen and oxygen atoms in total. The van der Waals surface area contributed by atoms with E-state index in [0.717, 1.165) is 24.7 Å². The molecule has 25 heavy (non-hydrogen) atoms. The van der Waals surface area contributed by atoms with Gasteiger partial charge in [-0.3, -0.25) is 4.99 Å². The molecule has 0 bridgehead atoms. The van der Waals surface area contributed by atoms with Gasteiger partial charge in [-0.2, -0.15) is 5.10 Å². The van der Waals surface area contributed by atoms with E-state index in [1.54, 1.807) is 11.0 Å². The SMILES string of the molecule is CCCCC(CC)CNC(=NC)NCc1ccc(-n2cncn2)cc1. The number of guanidine groups is 1. The first kappa shape index (κ1) is 19.0. The van der Waals surface area contributed by atoms with Crippen LogP contribution in [-0.2, 0) is 6.54 Å². The van der Waals surface area contributed by atoms with E-state index in [2.05, 4.69) is 51.7 Å². The van der Waals surface area contributed by atoms with Crippen LogP contribution in [0.1, 0.15) is 45.1 Å². The highest BCUT2D eigenvalue weighted by Crippen LogP contribution is 2.11. The van der Waals surface area contributed by atoms with Crippen molar-refractivity contribution in [2.45, 2.75) is 46.1 Å². The summed E-state index contributed by atoms with van der Waals surface area (Å²) in [7, 11) is 1.82. The number of rotatable bonds is 9. The van der Waals surface area contributed by atoms with E-state index in [1.165, 1.54) is 37.6 Å². The monoisotopic (exact) mass is 342 g/mol. The van der Waals surface area contributed by atoms with Crippen LogP contribution in [0.2, 0.25) is 0 Å². The van der Waals surface area contributed by atoms with Gasteiger partial charge in [0.05, 0.1) is 5.69 Å². The fourth-order valence-electron chi connectivity index (χ4n) is 2.70. The van der Waals surface area contributed by atoms with E-state index in [1.807, 2.05) is 19.2 Å². The third-order valence-corrected chi connectivity index (χ3v) is 4.40. The van der Waals surface area contributed by atoms with Gasteiger partial charge in [-0.1, -0.05) is 45.2 Å². The van der Waals surface area contributed by atoms with Crippen LogP contribution in [0.5, 0.6) is 0 Å². The van der Waals surface area contributed by atoms with Crippen molar-refractivity contribution < 1.29 is 0 Å². The molecule has 1 unspecified atom stereocenters. The zero-order valence-corrected chi connectivity index (χ0v) is 15.6. The molecular formula is C19H30N6. The first-order chi connectivity index (χ1) is 12.3. The van der Waals surface area contributed by atoms with Crippen LogP contribution >= 0.6 is 0 Å². The Morgan fingerprint density at radius 2 is 2.00 bits per heavy atom. The Labute approximate surface area is 150 Å². The molecule has 0 radical (unpaired) electrons. The van der Waals surface area contributed by atoms with E-state index in [4.69, 9.17) is 0 Å². The second-order valence-corrected chi connectivity index (χ2v) is 6.23. The van der Waals surface area contributed by atoms with Crippen LogP contribution < -0.4 is 10.6 Å². The molecule has 0 fully saturated rings. The van der Waals surface area contributed by atoms with Gasteiger partial charge in [0, 0.05) is 20.1 Å². The Morgan fingerprint density at radius 1 is 1.20 bits per heavy atom. The topological polar surface area (TPSA) is 67.1 Å². The molecule has 0 saturated heterocycles. The molecule has 6 heteroatoms. The fraction of sp³-hybridized carbons (Fsp3) is 0.526. The van der Waals surface area contributed by atoms with Gasteiger partial charge in [0.1, 0.15) is 12.7 Å². The first-order valence-corrected chi connectivity index (χ1v) is 9.15. The predicted molar refractivity (Wildman–Crippen MR) is 103 cm³/mol. The number of unbranched alkanes of at least 4 members (excludes halogenated alkanes) is 1. The number of aromatic nitrogens is 3. The fourth-order valence-corrected chi connectivity index (χ4v) is 2.70. The minimum absolute atomic E-state index is 0.709. The summed E-state index contributed by atoms with van der Waals surface area (Å²) >= 11 is 0. The van der Waals surface area contributed by atoms with Crippen molar-refractivity contribution in [2.75, 3.05) is 13.6 Å². The highest BCUT2D eigenvalue weighted by molar-refractivity contribution is 5.79. The summed E-state index contributed by atoms with van der Waals surface area (Å²) in [6.07, 6.45) is 8.27. The molecule has 1 heterocycles. The molecule has 2 N–H and O–H groups in total. The molecule has 0 amide bonds. The normalized spacial score (nSPS) is 12.8. The molecule has 2 aromatic rings. The summed E-state index contributed by atoms with van der Waals surface area (Å²) < 4.78 is 1.75. The Morgan fingerprint density at radius 3 is 2.60 bits per heavy atom. The smallest absolute Gasteiger partial charge is 0.191 e. The Bertz CT molecular complexity index is 618. The lowest BCUT2D eigenvalue weighted by Gasteiger charge is -2.18. The number of nitrogens with zero attached hydrogens (tertiary/aromatic N) is 4. The lowest BCUT2D eigenvalue weighted by molar-refractivity contribution is 0.443. The van der Waals surface area contributed by atoms with Crippen LogP contribution in [0.3, 0.4) is 0 Å². The average molecular weight is 342 g/mol. The van der Waals surface area contributed by atoms with Crippen molar-refractivity contribution in [1.82, 2.24) is 25.4 Å². The molecule has 1 aromatic carbocycles. The van der Waals surface area contributed by atoms with Gasteiger partial charge in [0.2, 0.25) is 0 Å². The Hall–Kier alpha value is -2.37. The molecule has 0 aliphatic carbocycles. The van der Waals surface area contributed by atoms with Crippen molar-refractivity contribution in [3.05, 3.63) is 42.5 Å². The van der Waals surface area contributed by atoms with Crippen LogP contribution in [-0.4, -0.2) is 34.3 Å². The zero-order chi connectivity index (χ0) is 17.9. The quantitative estimate of drug-likeness (QED) is 0.543. The summed E-state index contributed by atoms with van der Waals surface area (Å²) in [6, 6.07) is 8.26. The zero-order valence-electron chi connectivity index (χ0n) is 15.6. The highest BCUT2D eigenvalue weighted by atomic mass is 15.3. The minimum atomic E-state index is 0.709. The largest absolute Gasteiger partial charge is 0.356 e. The summed E-state index contributed by atoms with van der Waals surface area (Å²) in [5.74, 6) is 1.57. The van der Waals surface area contributed by atoms with E-state index in [-0.39, 0.29) is 0 Å². The van der Waals surface area contributed by atoms with Gasteiger partial charge >= 0.3 is 0 Å². The molecule has 1 atom stereocenters. The van der Waals surface area contributed by atoms with E-state index in [0.29, 0.717) is 5.92 Å². The predicted octanol–water partition coefficient (Wildman–Crippen LogP) is 3.15. The maximum absolute atomic E-state index is 4.32. The number of aliphatic imine (C=N–C) groups is 1. The van der Waals surface area contributed by atoms with Gasteiger partial charge in [-0.15, -0.1) is 0 Å². The third kappa shape index (κ3) is 6.21. The van der Waals surface area contributed by atoms with Crippen molar-refractivity contribution >= 4 is 5.96 Å².